The van der Waals surface area contributed by atoms with E-state index in [1.165, 1.54) is 0 Å². The van der Waals surface area contributed by atoms with E-state index < -0.39 is 0 Å². The van der Waals surface area contributed by atoms with Gasteiger partial charge < -0.3 is 20.1 Å². The van der Waals surface area contributed by atoms with Crippen molar-refractivity contribution in [3.63, 3.8) is 0 Å². The van der Waals surface area contributed by atoms with Gasteiger partial charge in [0, 0.05) is 31.0 Å². The van der Waals surface area contributed by atoms with Crippen molar-refractivity contribution >= 4 is 11.9 Å². The van der Waals surface area contributed by atoms with Gasteiger partial charge in [-0.1, -0.05) is 18.2 Å². The van der Waals surface area contributed by atoms with Crippen LogP contribution in [0, 0.1) is 0 Å². The number of amides is 1. The highest BCUT2D eigenvalue weighted by molar-refractivity contribution is 5.78. The minimum Gasteiger partial charge on any atom is -0.497 e. The van der Waals surface area contributed by atoms with Crippen molar-refractivity contribution in [1.29, 1.82) is 0 Å². The van der Waals surface area contributed by atoms with Crippen molar-refractivity contribution in [2.24, 2.45) is 0 Å². The van der Waals surface area contributed by atoms with E-state index in [-0.39, 0.29) is 18.0 Å². The normalized spacial score (nSPS) is 16.1. The smallest absolute Gasteiger partial charge is 0.236 e. The molecule has 1 aliphatic rings. The molecule has 1 atom stereocenters. The number of anilines is 1. The highest BCUT2D eigenvalue weighted by Gasteiger charge is 2.27. The summed E-state index contributed by atoms with van der Waals surface area (Å²) in [6.45, 7) is 2.46. The molecule has 2 N–H and O–H groups in total. The SMILES string of the molecule is COc1cccc(CN(C)CC(=O)N2CCO[C@H](c3cccc(-c4cnc(N)nc4)n3)C2)c1. The molecule has 1 aliphatic heterocycles. The second kappa shape index (κ2) is 10.4. The molecule has 3 aromatic rings. The molecule has 0 bridgehead atoms. The van der Waals surface area contributed by atoms with Crippen LogP contribution in [-0.2, 0) is 16.1 Å². The molecule has 9 nitrogen and oxygen atoms in total. The molecule has 0 aliphatic carbocycles. The van der Waals surface area contributed by atoms with Crippen LogP contribution in [0.3, 0.4) is 0 Å². The van der Waals surface area contributed by atoms with Crippen molar-refractivity contribution < 1.29 is 14.3 Å². The number of morpholine rings is 1. The van der Waals surface area contributed by atoms with Gasteiger partial charge in [-0.15, -0.1) is 0 Å². The number of rotatable bonds is 7. The summed E-state index contributed by atoms with van der Waals surface area (Å²) in [6, 6.07) is 13.6. The maximum Gasteiger partial charge on any atom is 0.236 e. The number of methoxy groups -OCH3 is 1. The predicted molar refractivity (Wildman–Crippen MR) is 124 cm³/mol. The number of ether oxygens (including phenoxy) is 2. The third-order valence-electron chi connectivity index (χ3n) is 5.48. The lowest BCUT2D eigenvalue weighted by Gasteiger charge is -2.33. The first-order chi connectivity index (χ1) is 16.0. The molecule has 172 valence electrons. The fourth-order valence-corrected chi connectivity index (χ4v) is 3.79. The van der Waals surface area contributed by atoms with Gasteiger partial charge in [-0.05, 0) is 36.9 Å². The average Bonchev–Trinajstić information content (AvgIpc) is 2.84. The van der Waals surface area contributed by atoms with Crippen LogP contribution in [0.2, 0.25) is 0 Å². The molecule has 0 spiro atoms. The number of pyridine rings is 1. The Kier molecular flexibility index (Phi) is 7.11. The highest BCUT2D eigenvalue weighted by atomic mass is 16.5. The molecule has 0 saturated carbocycles. The summed E-state index contributed by atoms with van der Waals surface area (Å²) < 4.78 is 11.2. The van der Waals surface area contributed by atoms with Crippen LogP contribution in [0.25, 0.3) is 11.3 Å². The molecule has 33 heavy (non-hydrogen) atoms. The van der Waals surface area contributed by atoms with Gasteiger partial charge in [0.05, 0.1) is 38.2 Å². The minimum atomic E-state index is -0.291. The number of carbonyl (C=O) groups is 1. The third kappa shape index (κ3) is 5.82. The first kappa shape index (κ1) is 22.6. The summed E-state index contributed by atoms with van der Waals surface area (Å²) >= 11 is 0. The van der Waals surface area contributed by atoms with Crippen molar-refractivity contribution in [2.75, 3.05) is 46.1 Å². The number of hydrogen-bond acceptors (Lipinski definition) is 8. The van der Waals surface area contributed by atoms with E-state index in [1.54, 1.807) is 19.5 Å². The Morgan fingerprint density at radius 3 is 2.82 bits per heavy atom. The summed E-state index contributed by atoms with van der Waals surface area (Å²) in [5, 5.41) is 0. The predicted octanol–water partition coefficient (Wildman–Crippen LogP) is 2.16. The maximum atomic E-state index is 13.0. The number of benzene rings is 1. The van der Waals surface area contributed by atoms with Crippen LogP contribution in [0.15, 0.2) is 54.9 Å². The molecule has 0 radical (unpaired) electrons. The topological polar surface area (TPSA) is 107 Å². The number of hydrogen-bond donors (Lipinski definition) is 1. The average molecular weight is 449 g/mol. The molecule has 1 saturated heterocycles. The van der Waals surface area contributed by atoms with E-state index in [4.69, 9.17) is 20.2 Å². The third-order valence-corrected chi connectivity index (χ3v) is 5.48. The molecule has 3 heterocycles. The zero-order chi connectivity index (χ0) is 23.2. The Bertz CT molecular complexity index is 1090. The van der Waals surface area contributed by atoms with Gasteiger partial charge in [0.25, 0.3) is 0 Å². The van der Waals surface area contributed by atoms with Crippen LogP contribution < -0.4 is 10.5 Å². The van der Waals surface area contributed by atoms with Gasteiger partial charge in [-0.2, -0.15) is 0 Å². The molecule has 2 aromatic heterocycles. The highest BCUT2D eigenvalue weighted by Crippen LogP contribution is 2.24. The lowest BCUT2D eigenvalue weighted by Crippen LogP contribution is -2.46. The van der Waals surface area contributed by atoms with Crippen molar-refractivity contribution in [2.45, 2.75) is 12.6 Å². The van der Waals surface area contributed by atoms with Gasteiger partial charge in [0.15, 0.2) is 0 Å². The second-order valence-corrected chi connectivity index (χ2v) is 8.00. The minimum absolute atomic E-state index is 0.0665. The number of nitrogens with zero attached hydrogens (tertiary/aromatic N) is 5. The largest absolute Gasteiger partial charge is 0.497 e. The summed E-state index contributed by atoms with van der Waals surface area (Å²) in [5.41, 5.74) is 8.95. The number of nitrogen functional groups attached to an aromatic ring is 1. The summed E-state index contributed by atoms with van der Waals surface area (Å²) in [6.07, 6.45) is 3.00. The van der Waals surface area contributed by atoms with Crippen LogP contribution in [0.4, 0.5) is 5.95 Å². The summed E-state index contributed by atoms with van der Waals surface area (Å²) in [5.74, 6) is 1.09. The zero-order valence-electron chi connectivity index (χ0n) is 18.8. The van der Waals surface area contributed by atoms with Crippen LogP contribution in [0.5, 0.6) is 5.75 Å². The molecular formula is C24H28N6O3. The Morgan fingerprint density at radius 1 is 1.24 bits per heavy atom. The standard InChI is InChI=1S/C24H28N6O3/c1-29(14-17-5-3-6-19(11-17)32-2)16-23(31)30-9-10-33-22(15-30)21-8-4-7-20(28-21)18-12-26-24(25)27-13-18/h3-8,11-13,22H,9-10,14-16H2,1-2H3,(H2,25,26,27)/t22-/m0/s1. The van der Waals surface area contributed by atoms with E-state index >= 15 is 0 Å². The van der Waals surface area contributed by atoms with E-state index in [2.05, 4.69) is 9.97 Å². The van der Waals surface area contributed by atoms with Crippen LogP contribution in [-0.4, -0.2) is 71.1 Å². The molecule has 9 heteroatoms. The maximum absolute atomic E-state index is 13.0. The van der Waals surface area contributed by atoms with Gasteiger partial charge in [0.2, 0.25) is 11.9 Å². The monoisotopic (exact) mass is 448 g/mol. The first-order valence-electron chi connectivity index (χ1n) is 10.8. The lowest BCUT2D eigenvalue weighted by atomic mass is 10.1. The van der Waals surface area contributed by atoms with E-state index in [9.17, 15) is 4.79 Å². The van der Waals surface area contributed by atoms with Gasteiger partial charge in [-0.3, -0.25) is 9.69 Å². The Hall–Kier alpha value is -3.56. The molecular weight excluding hydrogens is 420 g/mol. The fourth-order valence-electron chi connectivity index (χ4n) is 3.79. The van der Waals surface area contributed by atoms with Crippen molar-refractivity contribution in [3.8, 4) is 17.0 Å². The molecule has 1 fully saturated rings. The molecule has 1 amide bonds. The number of nitrogens with two attached hydrogens (primary N) is 1. The van der Waals surface area contributed by atoms with Crippen LogP contribution >= 0.6 is 0 Å². The lowest BCUT2D eigenvalue weighted by molar-refractivity contribution is -0.140. The first-order valence-corrected chi connectivity index (χ1v) is 10.8. The fraction of sp³-hybridized carbons (Fsp3) is 0.333. The number of carbonyl (C=O) groups excluding carboxylic acids is 1. The number of aromatic nitrogens is 3. The van der Waals surface area contributed by atoms with Crippen molar-refractivity contribution in [3.05, 3.63) is 66.1 Å². The van der Waals surface area contributed by atoms with E-state index in [0.29, 0.717) is 32.8 Å². The molecule has 0 unspecified atom stereocenters. The summed E-state index contributed by atoms with van der Waals surface area (Å²) in [7, 11) is 3.59. The quantitative estimate of drug-likeness (QED) is 0.586. The number of likely N-dealkylation sites (N-methyl/N-ethyl adjacent to an activating group) is 1. The molecule has 1 aromatic carbocycles. The van der Waals surface area contributed by atoms with E-state index in [0.717, 1.165) is 28.3 Å². The second-order valence-electron chi connectivity index (χ2n) is 8.00. The van der Waals surface area contributed by atoms with Crippen LogP contribution in [0.1, 0.15) is 17.4 Å². The Labute approximate surface area is 193 Å². The summed E-state index contributed by atoms with van der Waals surface area (Å²) in [4.78, 5) is 29.6. The Balaban J connectivity index is 1.38. The van der Waals surface area contributed by atoms with Gasteiger partial charge in [-0.25, -0.2) is 15.0 Å². The van der Waals surface area contributed by atoms with E-state index in [1.807, 2.05) is 59.3 Å². The van der Waals surface area contributed by atoms with Gasteiger partial charge in [0.1, 0.15) is 11.9 Å². The Morgan fingerprint density at radius 2 is 2.03 bits per heavy atom. The van der Waals surface area contributed by atoms with Gasteiger partial charge >= 0.3 is 0 Å². The zero-order valence-corrected chi connectivity index (χ0v) is 18.8. The van der Waals surface area contributed by atoms with Crippen molar-refractivity contribution in [1.82, 2.24) is 24.8 Å². The molecule has 4 rings (SSSR count).